The van der Waals surface area contributed by atoms with Crippen molar-refractivity contribution in [2.45, 2.75) is 44.1 Å². The van der Waals surface area contributed by atoms with Crippen molar-refractivity contribution in [3.63, 3.8) is 0 Å². The molecule has 0 aromatic heterocycles. The van der Waals surface area contributed by atoms with Crippen molar-refractivity contribution in [1.29, 1.82) is 0 Å². The van der Waals surface area contributed by atoms with Gasteiger partial charge in [-0.2, -0.15) is 0 Å². The molecule has 0 atom stereocenters. The van der Waals surface area contributed by atoms with Crippen molar-refractivity contribution < 1.29 is 14.7 Å². The highest BCUT2D eigenvalue weighted by Gasteiger charge is 2.50. The van der Waals surface area contributed by atoms with E-state index in [0.717, 1.165) is 24.8 Å². The molecule has 20 heavy (non-hydrogen) atoms. The summed E-state index contributed by atoms with van der Waals surface area (Å²) in [4.78, 5) is 25.6. The number of hydrogen-bond acceptors (Lipinski definition) is 2. The number of carbonyl (C=O) groups is 2. The molecule has 4 heteroatoms. The fourth-order valence-electron chi connectivity index (χ4n) is 2.63. The maximum Gasteiger partial charge on any atom is 0.329 e. The minimum atomic E-state index is -1.20. The summed E-state index contributed by atoms with van der Waals surface area (Å²) < 4.78 is 0. The van der Waals surface area contributed by atoms with Gasteiger partial charge in [0, 0.05) is 7.05 Å². The summed E-state index contributed by atoms with van der Waals surface area (Å²) in [6, 6.07) is 9.68. The molecule has 2 rings (SSSR count). The lowest BCUT2D eigenvalue weighted by molar-refractivity contribution is -0.159. The van der Waals surface area contributed by atoms with Crippen LogP contribution in [0.25, 0.3) is 0 Å². The average molecular weight is 275 g/mol. The molecule has 108 valence electrons. The van der Waals surface area contributed by atoms with E-state index in [0.29, 0.717) is 0 Å². The summed E-state index contributed by atoms with van der Waals surface area (Å²) in [5.74, 6) is -1.08. The van der Waals surface area contributed by atoms with Crippen molar-refractivity contribution in [2.75, 3.05) is 7.05 Å². The first kappa shape index (κ1) is 14.6. The molecule has 1 aliphatic carbocycles. The standard InChI is InChI=1S/C16H21NO3/c1-15(2,14(19)20)17(3)13(18)16(10-7-11-16)12-8-5-4-6-9-12/h4-6,8-9H,7,10-11H2,1-3H3,(H,19,20). The van der Waals surface area contributed by atoms with E-state index in [1.54, 1.807) is 20.9 Å². The first-order chi connectivity index (χ1) is 9.32. The van der Waals surface area contributed by atoms with Gasteiger partial charge in [0.2, 0.25) is 5.91 Å². The van der Waals surface area contributed by atoms with Gasteiger partial charge in [0.1, 0.15) is 5.54 Å². The number of rotatable bonds is 4. The van der Waals surface area contributed by atoms with E-state index in [4.69, 9.17) is 0 Å². The zero-order valence-electron chi connectivity index (χ0n) is 12.2. The smallest absolute Gasteiger partial charge is 0.329 e. The molecule has 0 unspecified atom stereocenters. The van der Waals surface area contributed by atoms with Gasteiger partial charge >= 0.3 is 5.97 Å². The Morgan fingerprint density at radius 3 is 2.15 bits per heavy atom. The number of amides is 1. The molecule has 0 heterocycles. The van der Waals surface area contributed by atoms with Crippen LogP contribution in [0, 0.1) is 0 Å². The predicted molar refractivity (Wildman–Crippen MR) is 76.5 cm³/mol. The Balaban J connectivity index is 2.34. The number of aliphatic carboxylic acids is 1. The van der Waals surface area contributed by atoms with Crippen molar-refractivity contribution in [2.24, 2.45) is 0 Å². The Kier molecular flexibility index (Phi) is 3.59. The molecule has 1 N–H and O–H groups in total. The predicted octanol–water partition coefficient (Wildman–Crippen LogP) is 2.43. The zero-order valence-corrected chi connectivity index (χ0v) is 12.2. The molecule has 0 spiro atoms. The normalized spacial score (nSPS) is 17.1. The van der Waals surface area contributed by atoms with E-state index < -0.39 is 16.9 Å². The Labute approximate surface area is 119 Å². The minimum absolute atomic E-state index is 0.0950. The van der Waals surface area contributed by atoms with Gasteiger partial charge in [-0.25, -0.2) is 4.79 Å². The fourth-order valence-corrected chi connectivity index (χ4v) is 2.63. The van der Waals surface area contributed by atoms with Gasteiger partial charge in [-0.15, -0.1) is 0 Å². The summed E-state index contributed by atoms with van der Waals surface area (Å²) in [6.45, 7) is 3.12. The molecule has 0 bridgehead atoms. The first-order valence-corrected chi connectivity index (χ1v) is 6.89. The van der Waals surface area contributed by atoms with Crippen molar-refractivity contribution in [3.05, 3.63) is 35.9 Å². The van der Waals surface area contributed by atoms with Gasteiger partial charge in [-0.1, -0.05) is 36.8 Å². The van der Waals surface area contributed by atoms with E-state index in [1.807, 2.05) is 30.3 Å². The summed E-state index contributed by atoms with van der Waals surface area (Å²) >= 11 is 0. The maximum absolute atomic E-state index is 12.9. The van der Waals surface area contributed by atoms with Gasteiger partial charge < -0.3 is 10.0 Å². The third-order valence-corrected chi connectivity index (χ3v) is 4.61. The summed E-state index contributed by atoms with van der Waals surface area (Å²) in [7, 11) is 1.58. The number of carbonyl (C=O) groups excluding carboxylic acids is 1. The van der Waals surface area contributed by atoms with Crippen molar-refractivity contribution in [3.8, 4) is 0 Å². The molecular formula is C16H21NO3. The topological polar surface area (TPSA) is 57.6 Å². The largest absolute Gasteiger partial charge is 0.480 e. The molecule has 1 amide bonds. The van der Waals surface area contributed by atoms with E-state index in [2.05, 4.69) is 0 Å². The maximum atomic E-state index is 12.9. The number of nitrogens with zero attached hydrogens (tertiary/aromatic N) is 1. The van der Waals surface area contributed by atoms with Crippen LogP contribution >= 0.6 is 0 Å². The van der Waals surface area contributed by atoms with Gasteiger partial charge in [-0.05, 0) is 32.3 Å². The monoisotopic (exact) mass is 275 g/mol. The number of likely N-dealkylation sites (N-methyl/N-ethyl adjacent to an activating group) is 1. The van der Waals surface area contributed by atoms with Crippen LogP contribution in [0.5, 0.6) is 0 Å². The Morgan fingerprint density at radius 2 is 1.75 bits per heavy atom. The molecule has 0 saturated heterocycles. The van der Waals surface area contributed by atoms with Gasteiger partial charge in [0.25, 0.3) is 0 Å². The lowest BCUT2D eigenvalue weighted by Crippen LogP contribution is -2.58. The van der Waals surface area contributed by atoms with Crippen LogP contribution in [0.4, 0.5) is 0 Å². The van der Waals surface area contributed by atoms with Gasteiger partial charge in [0.05, 0.1) is 5.41 Å². The Hall–Kier alpha value is -1.84. The van der Waals surface area contributed by atoms with Crippen LogP contribution in [0.1, 0.15) is 38.7 Å². The third kappa shape index (κ3) is 2.09. The van der Waals surface area contributed by atoms with Crippen molar-refractivity contribution in [1.82, 2.24) is 4.90 Å². The molecule has 0 aliphatic heterocycles. The number of carboxylic acid groups (broad SMARTS) is 1. The first-order valence-electron chi connectivity index (χ1n) is 6.89. The van der Waals surface area contributed by atoms with Crippen LogP contribution in [0.3, 0.4) is 0 Å². The summed E-state index contributed by atoms with van der Waals surface area (Å²) in [5.41, 5.74) is -0.749. The Morgan fingerprint density at radius 1 is 1.20 bits per heavy atom. The van der Waals surface area contributed by atoms with Crippen LogP contribution in [-0.4, -0.2) is 34.5 Å². The Bertz CT molecular complexity index is 518. The highest BCUT2D eigenvalue weighted by Crippen LogP contribution is 2.45. The molecule has 1 fully saturated rings. The SMILES string of the molecule is CN(C(=O)C1(c2ccccc2)CCC1)C(C)(C)C(=O)O. The number of hydrogen-bond donors (Lipinski definition) is 1. The molecule has 1 saturated carbocycles. The summed E-state index contributed by atoms with van der Waals surface area (Å²) in [5, 5.41) is 9.29. The second-order valence-electron chi connectivity index (χ2n) is 6.03. The molecular weight excluding hydrogens is 254 g/mol. The quantitative estimate of drug-likeness (QED) is 0.918. The average Bonchev–Trinajstić information content (AvgIpc) is 2.37. The van der Waals surface area contributed by atoms with E-state index in [1.165, 1.54) is 4.90 Å². The van der Waals surface area contributed by atoms with Crippen molar-refractivity contribution >= 4 is 11.9 Å². The fraction of sp³-hybridized carbons (Fsp3) is 0.500. The van der Waals surface area contributed by atoms with Gasteiger partial charge in [0.15, 0.2) is 0 Å². The molecule has 1 aliphatic rings. The van der Waals surface area contributed by atoms with Crippen LogP contribution in [0.2, 0.25) is 0 Å². The number of carboxylic acids is 1. The molecule has 1 aromatic rings. The van der Waals surface area contributed by atoms with Crippen LogP contribution in [-0.2, 0) is 15.0 Å². The highest BCUT2D eigenvalue weighted by molar-refractivity contribution is 5.93. The van der Waals surface area contributed by atoms with Crippen LogP contribution in [0.15, 0.2) is 30.3 Å². The summed E-state index contributed by atoms with van der Waals surface area (Å²) in [6.07, 6.45) is 2.58. The second kappa shape index (κ2) is 4.93. The minimum Gasteiger partial charge on any atom is -0.480 e. The number of benzene rings is 1. The lowest BCUT2D eigenvalue weighted by atomic mass is 9.63. The molecule has 1 aromatic carbocycles. The van der Waals surface area contributed by atoms with Gasteiger partial charge in [-0.3, -0.25) is 4.79 Å². The molecule has 0 radical (unpaired) electrons. The van der Waals surface area contributed by atoms with E-state index in [-0.39, 0.29) is 5.91 Å². The molecule has 4 nitrogen and oxygen atoms in total. The van der Waals surface area contributed by atoms with Crippen LogP contribution < -0.4 is 0 Å². The van der Waals surface area contributed by atoms with E-state index in [9.17, 15) is 14.7 Å². The lowest BCUT2D eigenvalue weighted by Gasteiger charge is -2.46. The highest BCUT2D eigenvalue weighted by atomic mass is 16.4. The van der Waals surface area contributed by atoms with E-state index >= 15 is 0 Å². The third-order valence-electron chi connectivity index (χ3n) is 4.61. The second-order valence-corrected chi connectivity index (χ2v) is 6.03. The zero-order chi connectivity index (χ0) is 15.0.